The van der Waals surface area contributed by atoms with Crippen LogP contribution in [0.25, 0.3) is 0 Å². The molecule has 0 amide bonds. The quantitative estimate of drug-likeness (QED) is 0.529. The Morgan fingerprint density at radius 1 is 1.31 bits per heavy atom. The van der Waals surface area contributed by atoms with Gasteiger partial charge in [0.05, 0.1) is 31.8 Å². The van der Waals surface area contributed by atoms with E-state index in [-0.39, 0.29) is 11.9 Å². The second-order valence-electron chi connectivity index (χ2n) is 4.51. The molecule has 1 heterocycles. The second kappa shape index (κ2) is 5.64. The van der Waals surface area contributed by atoms with Gasteiger partial charge in [0.15, 0.2) is 0 Å². The highest BCUT2D eigenvalue weighted by atomic mass is 16.6. The number of rotatable bonds is 5. The van der Waals surface area contributed by atoms with Gasteiger partial charge < -0.3 is 14.2 Å². The number of epoxide rings is 1. The molecule has 4 heteroatoms. The minimum atomic E-state index is -0.0357. The molecule has 0 spiro atoms. The zero-order valence-corrected chi connectivity index (χ0v) is 9.81. The minimum Gasteiger partial charge on any atom is -0.466 e. The van der Waals surface area contributed by atoms with Gasteiger partial charge in [-0.15, -0.1) is 0 Å². The molecule has 1 aliphatic carbocycles. The van der Waals surface area contributed by atoms with Crippen molar-refractivity contribution in [2.24, 2.45) is 5.92 Å². The lowest BCUT2D eigenvalue weighted by Crippen LogP contribution is -2.28. The fourth-order valence-electron chi connectivity index (χ4n) is 2.13. The number of carbonyl (C=O) groups is 1. The standard InChI is InChI=1S/C12H20O4/c1-2-14-12(13)9-3-5-10(6-4-9)15-7-11-8-16-11/h9-11H,2-8H2,1H3. The lowest BCUT2D eigenvalue weighted by atomic mass is 9.87. The van der Waals surface area contributed by atoms with Crippen molar-refractivity contribution in [3.8, 4) is 0 Å². The van der Waals surface area contributed by atoms with Crippen molar-refractivity contribution in [1.29, 1.82) is 0 Å². The zero-order valence-electron chi connectivity index (χ0n) is 9.81. The lowest BCUT2D eigenvalue weighted by molar-refractivity contribution is -0.150. The average Bonchev–Trinajstić information content (AvgIpc) is 3.11. The summed E-state index contributed by atoms with van der Waals surface area (Å²) in [6.45, 7) is 3.89. The molecular formula is C12H20O4. The molecule has 2 rings (SSSR count). The molecule has 4 nitrogen and oxygen atoms in total. The van der Waals surface area contributed by atoms with Crippen LogP contribution < -0.4 is 0 Å². The number of carbonyl (C=O) groups excluding carboxylic acids is 1. The van der Waals surface area contributed by atoms with E-state index in [2.05, 4.69) is 0 Å². The molecule has 92 valence electrons. The molecule has 0 aromatic carbocycles. The minimum absolute atomic E-state index is 0.0357. The largest absolute Gasteiger partial charge is 0.466 e. The molecule has 1 atom stereocenters. The monoisotopic (exact) mass is 228 g/mol. The predicted molar refractivity (Wildman–Crippen MR) is 58.1 cm³/mol. The van der Waals surface area contributed by atoms with E-state index in [1.165, 1.54) is 0 Å². The predicted octanol–water partition coefficient (Wildman–Crippen LogP) is 1.52. The molecule has 0 aromatic rings. The summed E-state index contributed by atoms with van der Waals surface area (Å²) in [6, 6.07) is 0. The Labute approximate surface area is 96.2 Å². The summed E-state index contributed by atoms with van der Waals surface area (Å²) in [6.07, 6.45) is 4.38. The van der Waals surface area contributed by atoms with Gasteiger partial charge in [0.1, 0.15) is 6.10 Å². The summed E-state index contributed by atoms with van der Waals surface area (Å²) >= 11 is 0. The first-order valence-electron chi connectivity index (χ1n) is 6.19. The van der Waals surface area contributed by atoms with Gasteiger partial charge in [0, 0.05) is 0 Å². The molecule has 0 aromatic heterocycles. The van der Waals surface area contributed by atoms with E-state index < -0.39 is 0 Å². The van der Waals surface area contributed by atoms with Gasteiger partial charge in [-0.3, -0.25) is 4.79 Å². The first kappa shape index (κ1) is 11.9. The summed E-state index contributed by atoms with van der Waals surface area (Å²) in [4.78, 5) is 11.5. The molecular weight excluding hydrogens is 208 g/mol. The van der Waals surface area contributed by atoms with E-state index in [0.717, 1.165) is 38.9 Å². The fraction of sp³-hybridized carbons (Fsp3) is 0.917. The van der Waals surface area contributed by atoms with Gasteiger partial charge in [0.2, 0.25) is 0 Å². The van der Waals surface area contributed by atoms with Crippen molar-refractivity contribution in [3.05, 3.63) is 0 Å². The molecule has 1 saturated heterocycles. The van der Waals surface area contributed by atoms with Crippen LogP contribution in [0.1, 0.15) is 32.6 Å². The Balaban J connectivity index is 1.63. The third kappa shape index (κ3) is 3.46. The van der Waals surface area contributed by atoms with Crippen LogP contribution in [0.2, 0.25) is 0 Å². The molecule has 1 saturated carbocycles. The maximum absolute atomic E-state index is 11.5. The smallest absolute Gasteiger partial charge is 0.308 e. The molecule has 2 fully saturated rings. The van der Waals surface area contributed by atoms with Crippen LogP contribution in [-0.4, -0.2) is 38.0 Å². The molecule has 0 bridgehead atoms. The van der Waals surface area contributed by atoms with Crippen LogP contribution in [0.15, 0.2) is 0 Å². The van der Waals surface area contributed by atoms with E-state index in [0.29, 0.717) is 18.8 Å². The Kier molecular flexibility index (Phi) is 4.18. The maximum Gasteiger partial charge on any atom is 0.308 e. The van der Waals surface area contributed by atoms with Crippen LogP contribution in [0.3, 0.4) is 0 Å². The van der Waals surface area contributed by atoms with Crippen LogP contribution >= 0.6 is 0 Å². The summed E-state index contributed by atoms with van der Waals surface area (Å²) in [5.74, 6) is 0.0588. The zero-order chi connectivity index (χ0) is 11.4. The van der Waals surface area contributed by atoms with Crippen molar-refractivity contribution in [2.45, 2.75) is 44.8 Å². The second-order valence-corrected chi connectivity index (χ2v) is 4.51. The summed E-state index contributed by atoms with van der Waals surface area (Å²) in [7, 11) is 0. The molecule has 0 radical (unpaired) electrons. The van der Waals surface area contributed by atoms with Crippen molar-refractivity contribution in [2.75, 3.05) is 19.8 Å². The third-order valence-electron chi connectivity index (χ3n) is 3.21. The SMILES string of the molecule is CCOC(=O)C1CCC(OCC2CO2)CC1. The van der Waals surface area contributed by atoms with Crippen LogP contribution in [0.5, 0.6) is 0 Å². The van der Waals surface area contributed by atoms with Gasteiger partial charge >= 0.3 is 5.97 Å². The van der Waals surface area contributed by atoms with Crippen molar-refractivity contribution in [1.82, 2.24) is 0 Å². The van der Waals surface area contributed by atoms with Crippen LogP contribution in [0.4, 0.5) is 0 Å². The van der Waals surface area contributed by atoms with E-state index in [1.807, 2.05) is 6.92 Å². The number of ether oxygens (including phenoxy) is 3. The van der Waals surface area contributed by atoms with E-state index in [1.54, 1.807) is 0 Å². The van der Waals surface area contributed by atoms with Gasteiger partial charge in [-0.25, -0.2) is 0 Å². The highest BCUT2D eigenvalue weighted by Crippen LogP contribution is 2.27. The third-order valence-corrected chi connectivity index (χ3v) is 3.21. The normalized spacial score (nSPS) is 33.4. The molecule has 0 N–H and O–H groups in total. The van der Waals surface area contributed by atoms with E-state index >= 15 is 0 Å². The van der Waals surface area contributed by atoms with E-state index in [4.69, 9.17) is 14.2 Å². The van der Waals surface area contributed by atoms with Crippen LogP contribution in [-0.2, 0) is 19.0 Å². The first-order chi connectivity index (χ1) is 7.79. The van der Waals surface area contributed by atoms with Crippen molar-refractivity contribution < 1.29 is 19.0 Å². The summed E-state index contributed by atoms with van der Waals surface area (Å²) < 4.78 is 15.8. The summed E-state index contributed by atoms with van der Waals surface area (Å²) in [5.41, 5.74) is 0. The van der Waals surface area contributed by atoms with Gasteiger partial charge in [-0.2, -0.15) is 0 Å². The highest BCUT2D eigenvalue weighted by molar-refractivity contribution is 5.72. The molecule has 2 aliphatic rings. The number of hydrogen-bond donors (Lipinski definition) is 0. The Hall–Kier alpha value is -0.610. The average molecular weight is 228 g/mol. The topological polar surface area (TPSA) is 48.1 Å². The van der Waals surface area contributed by atoms with Gasteiger partial charge in [-0.05, 0) is 32.6 Å². The highest BCUT2D eigenvalue weighted by Gasteiger charge is 2.29. The van der Waals surface area contributed by atoms with Crippen molar-refractivity contribution in [3.63, 3.8) is 0 Å². The fourth-order valence-corrected chi connectivity index (χ4v) is 2.13. The maximum atomic E-state index is 11.5. The first-order valence-corrected chi connectivity index (χ1v) is 6.19. The number of esters is 1. The Morgan fingerprint density at radius 3 is 2.56 bits per heavy atom. The number of hydrogen-bond acceptors (Lipinski definition) is 4. The Morgan fingerprint density at radius 2 is 2.00 bits per heavy atom. The lowest BCUT2D eigenvalue weighted by Gasteiger charge is -2.27. The van der Waals surface area contributed by atoms with E-state index in [9.17, 15) is 4.79 Å². The summed E-state index contributed by atoms with van der Waals surface area (Å²) in [5, 5.41) is 0. The van der Waals surface area contributed by atoms with Gasteiger partial charge in [-0.1, -0.05) is 0 Å². The molecule has 1 unspecified atom stereocenters. The molecule has 1 aliphatic heterocycles. The van der Waals surface area contributed by atoms with Crippen molar-refractivity contribution >= 4 is 5.97 Å². The van der Waals surface area contributed by atoms with Gasteiger partial charge in [0.25, 0.3) is 0 Å². The molecule has 16 heavy (non-hydrogen) atoms. The van der Waals surface area contributed by atoms with Crippen LogP contribution in [0, 0.1) is 5.92 Å². The Bertz CT molecular complexity index is 229.